The van der Waals surface area contributed by atoms with E-state index in [1.165, 1.54) is 28.2 Å². The lowest BCUT2D eigenvalue weighted by Crippen LogP contribution is -2.47. The van der Waals surface area contributed by atoms with E-state index in [0.29, 0.717) is 0 Å². The van der Waals surface area contributed by atoms with Crippen molar-refractivity contribution in [3.63, 3.8) is 0 Å². The standard InChI is InChI=1S/C23H26ClN3/c1-18-20(17-23(25-18)19-5-3-2-4-6-19)11-12-26-13-15-27(16-14-26)22-9-7-21(24)8-10-22/h2-10,17,25H,11-16H2,1H3. The minimum Gasteiger partial charge on any atom is -0.369 e. The maximum Gasteiger partial charge on any atom is 0.0458 e. The van der Waals surface area contributed by atoms with E-state index in [4.69, 9.17) is 11.6 Å². The molecule has 1 saturated heterocycles. The van der Waals surface area contributed by atoms with Crippen molar-refractivity contribution in [3.8, 4) is 11.3 Å². The van der Waals surface area contributed by atoms with Crippen LogP contribution >= 0.6 is 11.6 Å². The number of aromatic amines is 1. The van der Waals surface area contributed by atoms with Crippen LogP contribution in [0, 0.1) is 6.92 Å². The number of hydrogen-bond donors (Lipinski definition) is 1. The highest BCUT2D eigenvalue weighted by molar-refractivity contribution is 6.30. The van der Waals surface area contributed by atoms with Crippen molar-refractivity contribution in [2.24, 2.45) is 0 Å². The molecule has 27 heavy (non-hydrogen) atoms. The number of nitrogens with one attached hydrogen (secondary N) is 1. The van der Waals surface area contributed by atoms with Gasteiger partial charge >= 0.3 is 0 Å². The molecule has 4 heteroatoms. The first-order valence-electron chi connectivity index (χ1n) is 9.66. The van der Waals surface area contributed by atoms with Gasteiger partial charge in [0.2, 0.25) is 0 Å². The first-order chi connectivity index (χ1) is 13.2. The molecule has 1 fully saturated rings. The summed E-state index contributed by atoms with van der Waals surface area (Å²) >= 11 is 6.00. The second-order valence-corrected chi connectivity index (χ2v) is 7.69. The lowest BCUT2D eigenvalue weighted by Gasteiger charge is -2.36. The van der Waals surface area contributed by atoms with Gasteiger partial charge in [0.05, 0.1) is 0 Å². The highest BCUT2D eigenvalue weighted by Gasteiger charge is 2.17. The zero-order chi connectivity index (χ0) is 18.6. The molecule has 0 saturated carbocycles. The number of H-pyrrole nitrogens is 1. The molecule has 0 spiro atoms. The summed E-state index contributed by atoms with van der Waals surface area (Å²) in [4.78, 5) is 8.56. The fourth-order valence-electron chi connectivity index (χ4n) is 3.79. The van der Waals surface area contributed by atoms with Gasteiger partial charge in [-0.15, -0.1) is 0 Å². The van der Waals surface area contributed by atoms with Crippen molar-refractivity contribution in [2.45, 2.75) is 13.3 Å². The Hall–Kier alpha value is -2.23. The maximum atomic E-state index is 6.00. The molecule has 3 nitrogen and oxygen atoms in total. The first-order valence-corrected chi connectivity index (χ1v) is 10.0. The molecule has 1 aromatic heterocycles. The molecule has 0 bridgehead atoms. The fourth-order valence-corrected chi connectivity index (χ4v) is 3.92. The Bertz CT molecular complexity index is 862. The van der Waals surface area contributed by atoms with Crippen LogP contribution in [0.4, 0.5) is 5.69 Å². The second-order valence-electron chi connectivity index (χ2n) is 7.25. The predicted molar refractivity (Wildman–Crippen MR) is 115 cm³/mol. The molecule has 1 aliphatic heterocycles. The Kier molecular flexibility index (Phi) is 5.51. The van der Waals surface area contributed by atoms with Gasteiger partial charge in [-0.05, 0) is 54.8 Å². The Morgan fingerprint density at radius 3 is 2.33 bits per heavy atom. The van der Waals surface area contributed by atoms with Gasteiger partial charge in [0, 0.05) is 54.8 Å². The van der Waals surface area contributed by atoms with Gasteiger partial charge in [-0.3, -0.25) is 4.90 Å². The topological polar surface area (TPSA) is 22.3 Å². The molecule has 2 heterocycles. The summed E-state index contributed by atoms with van der Waals surface area (Å²) in [6.07, 6.45) is 1.09. The van der Waals surface area contributed by atoms with Crippen molar-refractivity contribution in [2.75, 3.05) is 37.6 Å². The Balaban J connectivity index is 1.31. The van der Waals surface area contributed by atoms with Gasteiger partial charge in [-0.2, -0.15) is 0 Å². The van der Waals surface area contributed by atoms with E-state index in [0.717, 1.165) is 44.2 Å². The van der Waals surface area contributed by atoms with Crippen LogP contribution in [0.1, 0.15) is 11.3 Å². The van der Waals surface area contributed by atoms with E-state index in [9.17, 15) is 0 Å². The Labute approximate surface area is 166 Å². The number of aromatic nitrogens is 1. The normalized spacial score (nSPS) is 15.3. The predicted octanol–water partition coefficient (Wildman–Crippen LogP) is 5.01. The molecule has 0 radical (unpaired) electrons. The molecule has 140 valence electrons. The third-order valence-corrected chi connectivity index (χ3v) is 5.72. The molecule has 1 aliphatic rings. The molecule has 1 N–H and O–H groups in total. The SMILES string of the molecule is Cc1[nH]c(-c2ccccc2)cc1CCN1CCN(c2ccc(Cl)cc2)CC1. The van der Waals surface area contributed by atoms with Crippen LogP contribution in [0.5, 0.6) is 0 Å². The van der Waals surface area contributed by atoms with E-state index >= 15 is 0 Å². The fraction of sp³-hybridized carbons (Fsp3) is 0.304. The van der Waals surface area contributed by atoms with Crippen molar-refractivity contribution in [1.29, 1.82) is 0 Å². The van der Waals surface area contributed by atoms with Gasteiger partial charge in [0.25, 0.3) is 0 Å². The molecular formula is C23H26ClN3. The minimum absolute atomic E-state index is 0.800. The van der Waals surface area contributed by atoms with E-state index in [2.05, 4.69) is 70.2 Å². The van der Waals surface area contributed by atoms with E-state index < -0.39 is 0 Å². The maximum absolute atomic E-state index is 6.00. The summed E-state index contributed by atoms with van der Waals surface area (Å²) in [5.74, 6) is 0. The molecule has 2 aromatic carbocycles. The van der Waals surface area contributed by atoms with Gasteiger partial charge in [-0.25, -0.2) is 0 Å². The number of anilines is 1. The van der Waals surface area contributed by atoms with Gasteiger partial charge in [0.15, 0.2) is 0 Å². The second kappa shape index (κ2) is 8.20. The van der Waals surface area contributed by atoms with Crippen LogP contribution in [-0.2, 0) is 6.42 Å². The summed E-state index contributed by atoms with van der Waals surface area (Å²) in [7, 11) is 0. The molecule has 0 atom stereocenters. The highest BCUT2D eigenvalue weighted by Crippen LogP contribution is 2.23. The van der Waals surface area contributed by atoms with E-state index in [1.807, 2.05) is 12.1 Å². The first kappa shape index (κ1) is 18.1. The molecule has 3 aromatic rings. The largest absolute Gasteiger partial charge is 0.369 e. The number of benzene rings is 2. The minimum atomic E-state index is 0.800. The number of rotatable bonds is 5. The van der Waals surface area contributed by atoms with Crippen molar-refractivity contribution in [3.05, 3.63) is 76.9 Å². The lowest BCUT2D eigenvalue weighted by molar-refractivity contribution is 0.261. The number of piperazine rings is 1. The third kappa shape index (κ3) is 4.37. The van der Waals surface area contributed by atoms with Crippen LogP contribution in [0.25, 0.3) is 11.3 Å². The van der Waals surface area contributed by atoms with Crippen molar-refractivity contribution >= 4 is 17.3 Å². The quantitative estimate of drug-likeness (QED) is 0.673. The van der Waals surface area contributed by atoms with Crippen molar-refractivity contribution in [1.82, 2.24) is 9.88 Å². The monoisotopic (exact) mass is 379 g/mol. The van der Waals surface area contributed by atoms with Crippen LogP contribution in [0.15, 0.2) is 60.7 Å². The Morgan fingerprint density at radius 2 is 1.63 bits per heavy atom. The lowest BCUT2D eigenvalue weighted by atomic mass is 10.1. The van der Waals surface area contributed by atoms with E-state index in [-0.39, 0.29) is 0 Å². The smallest absolute Gasteiger partial charge is 0.0458 e. The average molecular weight is 380 g/mol. The molecule has 4 rings (SSSR count). The molecule has 0 unspecified atom stereocenters. The number of aryl methyl sites for hydroxylation is 1. The van der Waals surface area contributed by atoms with E-state index in [1.54, 1.807) is 0 Å². The summed E-state index contributed by atoms with van der Waals surface area (Å²) in [5.41, 5.74) is 6.45. The zero-order valence-corrected chi connectivity index (χ0v) is 16.5. The van der Waals surface area contributed by atoms with Crippen LogP contribution in [0.3, 0.4) is 0 Å². The summed E-state index contributed by atoms with van der Waals surface area (Å²) in [6.45, 7) is 7.66. The third-order valence-electron chi connectivity index (χ3n) is 5.47. The van der Waals surface area contributed by atoms with Crippen LogP contribution < -0.4 is 4.90 Å². The number of nitrogens with zero attached hydrogens (tertiary/aromatic N) is 2. The van der Waals surface area contributed by atoms with Gasteiger partial charge in [-0.1, -0.05) is 41.9 Å². The average Bonchev–Trinajstić information content (AvgIpc) is 3.09. The molecular weight excluding hydrogens is 354 g/mol. The van der Waals surface area contributed by atoms with Gasteiger partial charge < -0.3 is 9.88 Å². The Morgan fingerprint density at radius 1 is 0.926 bits per heavy atom. The van der Waals surface area contributed by atoms with Crippen LogP contribution in [-0.4, -0.2) is 42.6 Å². The summed E-state index contributed by atoms with van der Waals surface area (Å²) < 4.78 is 0. The highest BCUT2D eigenvalue weighted by atomic mass is 35.5. The molecule has 0 aliphatic carbocycles. The van der Waals surface area contributed by atoms with Gasteiger partial charge in [0.1, 0.15) is 0 Å². The summed E-state index contributed by atoms with van der Waals surface area (Å²) in [6, 6.07) is 21.0. The summed E-state index contributed by atoms with van der Waals surface area (Å²) in [5, 5.41) is 0.800. The van der Waals surface area contributed by atoms with Crippen molar-refractivity contribution < 1.29 is 0 Å². The number of halogens is 1. The van der Waals surface area contributed by atoms with Crippen LogP contribution in [0.2, 0.25) is 5.02 Å². The molecule has 0 amide bonds. The zero-order valence-electron chi connectivity index (χ0n) is 15.8. The number of hydrogen-bond acceptors (Lipinski definition) is 2.